The van der Waals surface area contributed by atoms with Gasteiger partial charge in [0.1, 0.15) is 18.1 Å². The van der Waals surface area contributed by atoms with Crippen molar-refractivity contribution in [3.8, 4) is 0 Å². The third-order valence-electron chi connectivity index (χ3n) is 9.04. The number of nitrogens with one attached hydrogen (secondary N) is 4. The minimum absolute atomic E-state index is 0.00183. The summed E-state index contributed by atoms with van der Waals surface area (Å²) >= 11 is 0. The van der Waals surface area contributed by atoms with E-state index in [0.29, 0.717) is 44.1 Å². The number of amides is 4. The van der Waals surface area contributed by atoms with Gasteiger partial charge in [0, 0.05) is 19.4 Å². The van der Waals surface area contributed by atoms with Crippen LogP contribution in [0.25, 0.3) is 0 Å². The molecule has 4 amide bonds. The lowest BCUT2D eigenvalue weighted by Gasteiger charge is -2.26. The van der Waals surface area contributed by atoms with Gasteiger partial charge in [0.2, 0.25) is 11.8 Å². The van der Waals surface area contributed by atoms with Crippen LogP contribution in [-0.4, -0.2) is 82.3 Å². The minimum atomic E-state index is -1.50. The molecule has 0 aliphatic heterocycles. The Morgan fingerprint density at radius 3 is 2.00 bits per heavy atom. The normalized spacial score (nSPS) is 19.2. The van der Waals surface area contributed by atoms with E-state index in [2.05, 4.69) is 33.4 Å². The molecule has 14 heteroatoms. The number of hydrogen-bond donors (Lipinski definition) is 8. The summed E-state index contributed by atoms with van der Waals surface area (Å²) in [6, 6.07) is 3.47. The molecule has 0 spiro atoms. The molecule has 48 heavy (non-hydrogen) atoms. The van der Waals surface area contributed by atoms with Crippen molar-refractivity contribution >= 4 is 35.8 Å². The average molecular weight is 672 g/mol. The molecule has 0 saturated heterocycles. The van der Waals surface area contributed by atoms with Gasteiger partial charge < -0.3 is 42.3 Å². The largest absolute Gasteiger partial charge is 0.481 e. The Morgan fingerprint density at radius 2 is 1.46 bits per heavy atom. The predicted octanol–water partition coefficient (Wildman–Crippen LogP) is 2.27. The van der Waals surface area contributed by atoms with E-state index in [9.17, 15) is 39.0 Å². The minimum Gasteiger partial charge on any atom is -0.481 e. The molecule has 0 heterocycles. The number of hydrogen-bond acceptors (Lipinski definition) is 7. The van der Waals surface area contributed by atoms with Crippen LogP contribution in [0.4, 0.5) is 4.79 Å². The van der Waals surface area contributed by atoms with Gasteiger partial charge in [-0.1, -0.05) is 42.8 Å². The molecule has 0 radical (unpaired) electrons. The van der Waals surface area contributed by atoms with Gasteiger partial charge in [-0.05, 0) is 87.3 Å². The number of aliphatic carboxylic acids is 3. The molecule has 0 aromatic heterocycles. The first-order valence-corrected chi connectivity index (χ1v) is 16.8. The summed E-state index contributed by atoms with van der Waals surface area (Å²) < 4.78 is 0. The van der Waals surface area contributed by atoms with Crippen molar-refractivity contribution in [1.82, 2.24) is 21.3 Å². The summed E-state index contributed by atoms with van der Waals surface area (Å²) in [7, 11) is 0. The van der Waals surface area contributed by atoms with Crippen molar-refractivity contribution in [1.29, 1.82) is 0 Å². The molecule has 1 fully saturated rings. The number of carboxylic acids is 3. The Bertz CT molecular complexity index is 1300. The van der Waals surface area contributed by atoms with E-state index < -0.39 is 48.5 Å². The van der Waals surface area contributed by atoms with Crippen LogP contribution in [0, 0.1) is 11.8 Å². The van der Waals surface area contributed by atoms with Gasteiger partial charge >= 0.3 is 23.9 Å². The van der Waals surface area contributed by atoms with Crippen LogP contribution in [-0.2, 0) is 30.4 Å². The Labute approximate surface area is 280 Å². The number of urea groups is 1. The van der Waals surface area contributed by atoms with Gasteiger partial charge in [-0.25, -0.2) is 14.4 Å². The lowest BCUT2D eigenvalue weighted by atomic mass is 9.80. The maximum atomic E-state index is 13.3. The fourth-order valence-corrected chi connectivity index (χ4v) is 5.89. The number of carboxylic acid groups (broad SMARTS) is 3. The highest BCUT2D eigenvalue weighted by atomic mass is 16.4. The summed E-state index contributed by atoms with van der Waals surface area (Å²) in [5.41, 5.74) is 7.87. The van der Waals surface area contributed by atoms with Crippen molar-refractivity contribution in [2.24, 2.45) is 17.6 Å². The van der Waals surface area contributed by atoms with Crippen molar-refractivity contribution in [3.63, 3.8) is 0 Å². The zero-order chi connectivity index (χ0) is 35.1. The summed E-state index contributed by atoms with van der Waals surface area (Å²) in [6.07, 6.45) is 10.0. The van der Waals surface area contributed by atoms with Crippen molar-refractivity contribution in [2.75, 3.05) is 13.1 Å². The van der Waals surface area contributed by atoms with Crippen LogP contribution < -0.4 is 27.0 Å². The highest BCUT2D eigenvalue weighted by molar-refractivity contribution is 5.89. The monoisotopic (exact) mass is 671 g/mol. The van der Waals surface area contributed by atoms with Crippen LogP contribution in [0.3, 0.4) is 0 Å². The van der Waals surface area contributed by atoms with Crippen LogP contribution in [0.1, 0.15) is 87.7 Å². The van der Waals surface area contributed by atoms with E-state index in [1.165, 1.54) is 24.8 Å². The highest BCUT2D eigenvalue weighted by Crippen LogP contribution is 2.36. The molecule has 0 unspecified atom stereocenters. The van der Waals surface area contributed by atoms with Crippen LogP contribution >= 0.6 is 0 Å². The summed E-state index contributed by atoms with van der Waals surface area (Å²) in [5.74, 6) is -3.99. The molecule has 1 aromatic rings. The highest BCUT2D eigenvalue weighted by Gasteiger charge is 2.28. The lowest BCUT2D eigenvalue weighted by Crippen LogP contribution is -2.51. The average Bonchev–Trinajstić information content (AvgIpc) is 3.02. The van der Waals surface area contributed by atoms with Gasteiger partial charge in [-0.2, -0.15) is 0 Å². The zero-order valence-corrected chi connectivity index (χ0v) is 27.2. The molecule has 2 aliphatic rings. The Kier molecular flexibility index (Phi) is 15.3. The molecule has 14 nitrogen and oxygen atoms in total. The molecular weight excluding hydrogens is 622 g/mol. The fourth-order valence-electron chi connectivity index (χ4n) is 5.89. The number of rotatable bonds is 20. The van der Waals surface area contributed by atoms with Gasteiger partial charge in [-0.3, -0.25) is 14.4 Å². The number of allylic oxidation sites excluding steroid dienone is 1. The second kappa shape index (κ2) is 19.4. The van der Waals surface area contributed by atoms with E-state index in [4.69, 9.17) is 10.8 Å². The predicted molar refractivity (Wildman–Crippen MR) is 176 cm³/mol. The van der Waals surface area contributed by atoms with E-state index >= 15 is 0 Å². The van der Waals surface area contributed by atoms with E-state index in [-0.39, 0.29) is 37.1 Å². The maximum Gasteiger partial charge on any atom is 0.326 e. The summed E-state index contributed by atoms with van der Waals surface area (Å²) in [6.45, 7) is 0.782. The molecule has 0 bridgehead atoms. The first-order valence-electron chi connectivity index (χ1n) is 16.8. The first kappa shape index (κ1) is 38.0. The molecular formula is C34H49N5O9. The van der Waals surface area contributed by atoms with Crippen LogP contribution in [0.15, 0.2) is 36.4 Å². The van der Waals surface area contributed by atoms with Crippen molar-refractivity contribution in [3.05, 3.63) is 47.5 Å². The number of unbranched alkanes of at least 4 members (excludes halogenated alkanes) is 1. The standard InChI is InChI=1S/C34H49N5O9/c35-18-17-21-7-13-25(14-8-21)30(42)37-28(20-22-9-11-24(12-10-22)23-4-3-5-23)31(43)36-19-2-1-6-26(32(44)45)38-34(48)39-27(33(46)47)15-16-29(40)41/h7,9-13,21,23,25-28H,1-6,8,14-20,35H2,(H,36,43)(H,37,42)(H,40,41)(H,44,45)(H,46,47)(H2,38,39,48)/t21-,25-,26-,27-,28-/m0/s1. The van der Waals surface area contributed by atoms with Crippen LogP contribution in [0.2, 0.25) is 0 Å². The van der Waals surface area contributed by atoms with Crippen LogP contribution in [0.5, 0.6) is 0 Å². The Hall–Kier alpha value is -4.46. The molecule has 5 atom stereocenters. The third kappa shape index (κ3) is 12.6. The topological polar surface area (TPSA) is 237 Å². The molecule has 1 saturated carbocycles. The van der Waals surface area contributed by atoms with Crippen molar-refractivity contribution in [2.45, 2.75) is 101 Å². The summed E-state index contributed by atoms with van der Waals surface area (Å²) in [5, 5.41) is 37.6. The van der Waals surface area contributed by atoms with Gasteiger partial charge in [0.25, 0.3) is 0 Å². The summed E-state index contributed by atoms with van der Waals surface area (Å²) in [4.78, 5) is 72.6. The van der Waals surface area contributed by atoms with Gasteiger partial charge in [-0.15, -0.1) is 0 Å². The number of carbonyl (C=O) groups excluding carboxylic acids is 3. The zero-order valence-electron chi connectivity index (χ0n) is 27.2. The SMILES string of the molecule is NCC[C@H]1C=C[C@H](C(=O)N[C@@H](Cc2ccc(C3CCC3)cc2)C(=O)NCCCC[C@H](NC(=O)N[C@@H](CCC(=O)O)C(=O)O)C(=O)O)CC1. The molecule has 9 N–H and O–H groups in total. The van der Waals surface area contributed by atoms with E-state index in [1.807, 2.05) is 24.3 Å². The Morgan fingerprint density at radius 1 is 0.792 bits per heavy atom. The van der Waals surface area contributed by atoms with E-state index in [1.54, 1.807) is 0 Å². The van der Waals surface area contributed by atoms with E-state index in [0.717, 1.165) is 18.4 Å². The van der Waals surface area contributed by atoms with Crippen molar-refractivity contribution < 1.29 is 44.1 Å². The third-order valence-corrected chi connectivity index (χ3v) is 9.04. The molecule has 1 aromatic carbocycles. The number of nitrogens with two attached hydrogens (primary N) is 1. The molecule has 2 aliphatic carbocycles. The fraction of sp³-hybridized carbons (Fsp3) is 0.588. The van der Waals surface area contributed by atoms with Gasteiger partial charge in [0.15, 0.2) is 0 Å². The molecule has 3 rings (SSSR count). The number of carbonyl (C=O) groups is 6. The number of benzene rings is 1. The quantitative estimate of drug-likeness (QED) is 0.0743. The molecule has 264 valence electrons. The maximum absolute atomic E-state index is 13.3. The lowest BCUT2D eigenvalue weighted by molar-refractivity contribution is -0.141. The smallest absolute Gasteiger partial charge is 0.326 e. The Balaban J connectivity index is 1.52. The second-order valence-electron chi connectivity index (χ2n) is 12.7. The first-order chi connectivity index (χ1) is 23.0. The second-order valence-corrected chi connectivity index (χ2v) is 12.7. The van der Waals surface area contributed by atoms with Gasteiger partial charge in [0.05, 0.1) is 5.92 Å².